The van der Waals surface area contributed by atoms with Gasteiger partial charge in [0.2, 0.25) is 17.5 Å². The first-order chi connectivity index (χ1) is 13.4. The molecule has 2 atom stereocenters. The van der Waals surface area contributed by atoms with Crippen LogP contribution in [0.5, 0.6) is 5.75 Å². The van der Waals surface area contributed by atoms with E-state index in [1.54, 1.807) is 20.1 Å². The van der Waals surface area contributed by atoms with E-state index in [1.807, 2.05) is 37.3 Å². The maximum absolute atomic E-state index is 10.3. The fourth-order valence-corrected chi connectivity index (χ4v) is 3.18. The lowest BCUT2D eigenvalue weighted by Gasteiger charge is -2.18. The van der Waals surface area contributed by atoms with Gasteiger partial charge in [0.25, 0.3) is 0 Å². The summed E-state index contributed by atoms with van der Waals surface area (Å²) >= 11 is 6.28. The number of aliphatic hydroxyl groups is 1. The first-order valence-electron chi connectivity index (χ1n) is 8.76. The zero-order valence-corrected chi connectivity index (χ0v) is 16.6. The average Bonchev–Trinajstić information content (AvgIpc) is 3.18. The van der Waals surface area contributed by atoms with Crippen LogP contribution in [-0.2, 0) is 6.42 Å². The summed E-state index contributed by atoms with van der Waals surface area (Å²) in [5.41, 5.74) is 2.92. The Balaban J connectivity index is 1.88. The molecule has 1 N–H and O–H groups in total. The Morgan fingerprint density at radius 1 is 1.21 bits per heavy atom. The Bertz CT molecular complexity index is 1010. The van der Waals surface area contributed by atoms with E-state index in [0.717, 1.165) is 22.4 Å². The molecule has 3 aromatic rings. The van der Waals surface area contributed by atoms with Gasteiger partial charge in [-0.15, -0.1) is 10.2 Å². The number of hydrogen-bond donors (Lipinski definition) is 1. The number of aliphatic hydroxyl groups excluding tert-OH is 1. The topological polar surface area (TPSA) is 72.7 Å². The van der Waals surface area contributed by atoms with Crippen LogP contribution >= 0.6 is 11.6 Å². The number of aromatic nitrogens is 2. The second-order valence-corrected chi connectivity index (χ2v) is 6.90. The molecule has 0 spiro atoms. The number of benzene rings is 2. The molecule has 7 heteroatoms. The minimum Gasteiger partial charge on any atom is -0.497 e. The Labute approximate surface area is 168 Å². The van der Waals surface area contributed by atoms with Gasteiger partial charge in [-0.25, -0.2) is 4.85 Å². The fourth-order valence-electron chi connectivity index (χ4n) is 2.95. The highest BCUT2D eigenvalue weighted by Gasteiger charge is 2.26. The molecule has 0 unspecified atom stereocenters. The third-order valence-electron chi connectivity index (χ3n) is 4.72. The van der Waals surface area contributed by atoms with E-state index in [1.165, 1.54) is 0 Å². The van der Waals surface area contributed by atoms with Crippen LogP contribution in [0.25, 0.3) is 16.3 Å². The van der Waals surface area contributed by atoms with E-state index in [-0.39, 0.29) is 0 Å². The molecule has 0 aliphatic carbocycles. The van der Waals surface area contributed by atoms with Crippen molar-refractivity contribution in [1.82, 2.24) is 10.2 Å². The van der Waals surface area contributed by atoms with Crippen LogP contribution in [0.1, 0.15) is 29.9 Å². The summed E-state index contributed by atoms with van der Waals surface area (Å²) in [5.74, 6) is 1.07. The monoisotopic (exact) mass is 397 g/mol. The molecular weight excluding hydrogens is 378 g/mol. The zero-order valence-electron chi connectivity index (χ0n) is 15.8. The number of hydrogen-bond acceptors (Lipinski definition) is 5. The molecule has 0 bridgehead atoms. The minimum atomic E-state index is -0.706. The molecule has 0 radical (unpaired) electrons. The highest BCUT2D eigenvalue weighted by molar-refractivity contribution is 6.34. The van der Waals surface area contributed by atoms with Crippen molar-refractivity contribution in [2.45, 2.75) is 32.3 Å². The van der Waals surface area contributed by atoms with Crippen LogP contribution in [-0.4, -0.2) is 28.5 Å². The van der Waals surface area contributed by atoms with Crippen molar-refractivity contribution < 1.29 is 14.3 Å². The maximum Gasteiger partial charge on any atom is 0.247 e. The van der Waals surface area contributed by atoms with E-state index in [0.29, 0.717) is 28.9 Å². The van der Waals surface area contributed by atoms with Crippen molar-refractivity contribution >= 4 is 17.3 Å². The lowest BCUT2D eigenvalue weighted by Crippen LogP contribution is -2.18. The number of methoxy groups -OCH3 is 1. The smallest absolute Gasteiger partial charge is 0.247 e. The zero-order chi connectivity index (χ0) is 20.3. The number of rotatable bonds is 6. The lowest BCUT2D eigenvalue weighted by molar-refractivity contribution is 0.148. The molecule has 2 aromatic carbocycles. The predicted molar refractivity (Wildman–Crippen MR) is 107 cm³/mol. The van der Waals surface area contributed by atoms with Crippen LogP contribution in [0.2, 0.25) is 5.02 Å². The molecule has 1 aromatic heterocycles. The number of ether oxygens (including phenoxy) is 1. The van der Waals surface area contributed by atoms with Crippen LogP contribution in [0, 0.1) is 13.5 Å². The van der Waals surface area contributed by atoms with E-state index >= 15 is 0 Å². The summed E-state index contributed by atoms with van der Waals surface area (Å²) < 4.78 is 11.0. The van der Waals surface area contributed by atoms with Gasteiger partial charge in [-0.2, -0.15) is 0 Å². The first-order valence-corrected chi connectivity index (χ1v) is 9.13. The summed E-state index contributed by atoms with van der Waals surface area (Å²) in [6.45, 7) is 10.7. The van der Waals surface area contributed by atoms with E-state index in [2.05, 4.69) is 15.0 Å². The van der Waals surface area contributed by atoms with Crippen LogP contribution in [0.15, 0.2) is 40.8 Å². The summed E-state index contributed by atoms with van der Waals surface area (Å²) in [6.07, 6.45) is -0.242. The third-order valence-corrected chi connectivity index (χ3v) is 5.19. The van der Waals surface area contributed by atoms with Crippen molar-refractivity contribution in [3.8, 4) is 17.2 Å². The molecule has 0 saturated heterocycles. The molecule has 28 heavy (non-hydrogen) atoms. The molecule has 0 amide bonds. The highest BCUT2D eigenvalue weighted by Crippen LogP contribution is 2.34. The van der Waals surface area contributed by atoms with Crippen LogP contribution in [0.4, 0.5) is 5.69 Å². The molecule has 144 valence electrons. The van der Waals surface area contributed by atoms with Gasteiger partial charge in [-0.1, -0.05) is 23.7 Å². The summed E-state index contributed by atoms with van der Waals surface area (Å²) in [6, 6.07) is 10.8. The molecule has 1 heterocycles. The van der Waals surface area contributed by atoms with E-state index in [4.69, 9.17) is 27.3 Å². The van der Waals surface area contributed by atoms with Crippen molar-refractivity contribution in [2.75, 3.05) is 7.11 Å². The Hall–Kier alpha value is -2.88. The fraction of sp³-hybridized carbons (Fsp3) is 0.286. The molecule has 0 aliphatic heterocycles. The van der Waals surface area contributed by atoms with Gasteiger partial charge in [0.15, 0.2) is 0 Å². The summed E-state index contributed by atoms with van der Waals surface area (Å²) in [4.78, 5) is 3.41. The van der Waals surface area contributed by atoms with Gasteiger partial charge in [0.1, 0.15) is 5.75 Å². The Morgan fingerprint density at radius 2 is 1.93 bits per heavy atom. The Kier molecular flexibility index (Phi) is 5.98. The van der Waals surface area contributed by atoms with Gasteiger partial charge in [0, 0.05) is 5.56 Å². The van der Waals surface area contributed by atoms with Crippen molar-refractivity contribution in [3.05, 3.63) is 69.9 Å². The first kappa shape index (κ1) is 19.9. The molecule has 0 saturated carbocycles. The molecule has 3 rings (SSSR count). The standard InChI is InChI=1S/C21H20ClN3O3/c1-12-15(7-10-18(23-3)19(12)22)11-17(13(2)26)21-25-24-20(28-21)14-5-8-16(27-4)9-6-14/h5-10,13,17,26H,11H2,1-2,4H3/t13-,17+/m0/s1. The number of halogens is 1. The van der Waals surface area contributed by atoms with Gasteiger partial charge < -0.3 is 14.3 Å². The van der Waals surface area contributed by atoms with Crippen LogP contribution < -0.4 is 4.74 Å². The van der Waals surface area contributed by atoms with Crippen molar-refractivity contribution in [2.24, 2.45) is 0 Å². The second kappa shape index (κ2) is 8.42. The second-order valence-electron chi connectivity index (χ2n) is 6.52. The predicted octanol–water partition coefficient (Wildman–Crippen LogP) is 4.96. The average molecular weight is 398 g/mol. The number of nitrogens with zero attached hydrogens (tertiary/aromatic N) is 3. The van der Waals surface area contributed by atoms with Gasteiger partial charge >= 0.3 is 0 Å². The lowest BCUT2D eigenvalue weighted by atomic mass is 9.92. The van der Waals surface area contributed by atoms with Crippen molar-refractivity contribution in [1.29, 1.82) is 0 Å². The van der Waals surface area contributed by atoms with Crippen LogP contribution in [0.3, 0.4) is 0 Å². The molecule has 6 nitrogen and oxygen atoms in total. The SMILES string of the molecule is [C-]#[N+]c1ccc(C[C@@H](c2nnc(-c3ccc(OC)cc3)o2)[C@H](C)O)c(C)c1Cl. The summed E-state index contributed by atoms with van der Waals surface area (Å²) in [5, 5.41) is 19.0. The largest absolute Gasteiger partial charge is 0.497 e. The quantitative estimate of drug-likeness (QED) is 0.595. The third kappa shape index (κ3) is 4.01. The maximum atomic E-state index is 10.3. The Morgan fingerprint density at radius 3 is 2.54 bits per heavy atom. The van der Waals surface area contributed by atoms with Crippen molar-refractivity contribution in [3.63, 3.8) is 0 Å². The molecule has 0 aliphatic rings. The van der Waals surface area contributed by atoms with E-state index in [9.17, 15) is 5.11 Å². The molecular formula is C21H20ClN3O3. The van der Waals surface area contributed by atoms with Gasteiger partial charge in [-0.3, -0.25) is 0 Å². The van der Waals surface area contributed by atoms with E-state index < -0.39 is 12.0 Å². The normalized spacial score (nSPS) is 13.0. The van der Waals surface area contributed by atoms with Gasteiger partial charge in [-0.05, 0) is 55.7 Å². The minimum absolute atomic E-state index is 0.352. The molecule has 0 fully saturated rings. The summed E-state index contributed by atoms with van der Waals surface area (Å²) in [7, 11) is 1.60. The highest BCUT2D eigenvalue weighted by atomic mass is 35.5. The van der Waals surface area contributed by atoms with Gasteiger partial charge in [0.05, 0.1) is 30.7 Å².